The highest BCUT2D eigenvalue weighted by atomic mass is 19.4. The predicted molar refractivity (Wildman–Crippen MR) is 122 cm³/mol. The molecule has 2 aliphatic rings. The van der Waals surface area contributed by atoms with Crippen molar-refractivity contribution in [2.24, 2.45) is 17.6 Å². The molecule has 7 nitrogen and oxygen atoms in total. The zero-order chi connectivity index (χ0) is 28.9. The minimum absolute atomic E-state index is 0.0351. The van der Waals surface area contributed by atoms with E-state index in [0.717, 1.165) is 32.2 Å². The number of aromatic nitrogens is 1. The molecule has 2 aromatic rings. The summed E-state index contributed by atoms with van der Waals surface area (Å²) in [5.74, 6) is -12.3. The number of primary amides is 1. The van der Waals surface area contributed by atoms with Crippen LogP contribution in [-0.4, -0.2) is 47.2 Å². The van der Waals surface area contributed by atoms with Crippen LogP contribution in [0.1, 0.15) is 48.7 Å². The number of nitrogens with two attached hydrogens (primary N) is 1. The van der Waals surface area contributed by atoms with Crippen LogP contribution in [0.3, 0.4) is 0 Å². The van der Waals surface area contributed by atoms with Crippen LogP contribution in [0.15, 0.2) is 30.5 Å². The Morgan fingerprint density at radius 2 is 1.87 bits per heavy atom. The van der Waals surface area contributed by atoms with E-state index in [1.807, 2.05) is 0 Å². The summed E-state index contributed by atoms with van der Waals surface area (Å²) >= 11 is 0. The number of hydrogen-bond acceptors (Lipinski definition) is 5. The maximum Gasteiger partial charge on any atom is 0.417 e. The van der Waals surface area contributed by atoms with Crippen LogP contribution in [0, 0.1) is 23.5 Å². The average Bonchev–Trinajstić information content (AvgIpc) is 3.10. The highest BCUT2D eigenvalue weighted by Gasteiger charge is 2.66. The number of nitrogens with one attached hydrogen (secondary N) is 1. The molecule has 0 radical (unpaired) electrons. The molecule has 14 heteroatoms. The zero-order valence-corrected chi connectivity index (χ0v) is 20.6. The third-order valence-corrected chi connectivity index (χ3v) is 7.28. The number of pyridine rings is 1. The molecule has 0 bridgehead atoms. The van der Waals surface area contributed by atoms with Crippen molar-refractivity contribution in [1.82, 2.24) is 4.98 Å². The van der Waals surface area contributed by atoms with Crippen LogP contribution in [0.25, 0.3) is 0 Å². The second-order valence-corrected chi connectivity index (χ2v) is 9.96. The Bertz CT molecular complexity index is 1280. The number of halogens is 7. The molecule has 1 saturated carbocycles. The monoisotopic (exact) mass is 563 g/mol. The Labute approximate surface area is 217 Å². The number of carbonyl (C=O) groups excluding carboxylic acids is 2. The van der Waals surface area contributed by atoms with Crippen molar-refractivity contribution in [2.45, 2.75) is 56.4 Å². The number of alkyl halides is 5. The lowest BCUT2D eigenvalue weighted by atomic mass is 9.76. The molecule has 1 aliphatic heterocycles. The van der Waals surface area contributed by atoms with Gasteiger partial charge < -0.3 is 20.5 Å². The lowest BCUT2D eigenvalue weighted by Gasteiger charge is -2.35. The van der Waals surface area contributed by atoms with Crippen LogP contribution in [0.4, 0.5) is 36.4 Å². The molecule has 4 rings (SSSR count). The summed E-state index contributed by atoms with van der Waals surface area (Å²) in [5, 5.41) is 2.34. The van der Waals surface area contributed by atoms with Gasteiger partial charge in [-0.1, -0.05) is 13.0 Å². The summed E-state index contributed by atoms with van der Waals surface area (Å²) in [7, 11) is 0. The van der Waals surface area contributed by atoms with Crippen LogP contribution < -0.4 is 15.8 Å². The molecule has 1 aliphatic carbocycles. The van der Waals surface area contributed by atoms with E-state index in [0.29, 0.717) is 6.07 Å². The maximum atomic E-state index is 14.9. The van der Waals surface area contributed by atoms with Crippen molar-refractivity contribution < 1.29 is 49.8 Å². The van der Waals surface area contributed by atoms with Gasteiger partial charge >= 0.3 is 6.18 Å². The van der Waals surface area contributed by atoms with Gasteiger partial charge in [0.2, 0.25) is 11.7 Å². The summed E-state index contributed by atoms with van der Waals surface area (Å²) in [6, 6.07) is 3.99. The molecule has 0 spiro atoms. The van der Waals surface area contributed by atoms with Gasteiger partial charge in [0, 0.05) is 48.0 Å². The SMILES string of the molecule is C[C@H]1[C@H](c2ccc(F)c(F)c2OCC2CC(F)(F)C2)[C@H](C(=O)Nc2ccnc(C(N)=O)c2)O[C@@]1(C)C(F)(F)F. The van der Waals surface area contributed by atoms with Crippen molar-refractivity contribution in [2.75, 3.05) is 11.9 Å². The molecule has 0 unspecified atom stereocenters. The number of rotatable bonds is 7. The molecular weight excluding hydrogens is 539 g/mol. The highest BCUT2D eigenvalue weighted by Crippen LogP contribution is 2.55. The number of benzene rings is 1. The molecule has 1 aromatic heterocycles. The van der Waals surface area contributed by atoms with Gasteiger partial charge in [-0.3, -0.25) is 14.6 Å². The molecule has 2 amide bonds. The Morgan fingerprint density at radius 1 is 1.21 bits per heavy atom. The summed E-state index contributed by atoms with van der Waals surface area (Å²) in [4.78, 5) is 28.4. The second kappa shape index (κ2) is 9.96. The van der Waals surface area contributed by atoms with E-state index >= 15 is 0 Å². The van der Waals surface area contributed by atoms with Gasteiger partial charge in [0.25, 0.3) is 11.8 Å². The molecule has 39 heavy (non-hydrogen) atoms. The average molecular weight is 563 g/mol. The molecule has 2 fully saturated rings. The number of nitrogens with zero attached hydrogens (tertiary/aromatic N) is 1. The topological polar surface area (TPSA) is 104 Å². The zero-order valence-electron chi connectivity index (χ0n) is 20.6. The Hall–Kier alpha value is -3.42. The third-order valence-electron chi connectivity index (χ3n) is 7.28. The van der Waals surface area contributed by atoms with Gasteiger partial charge in [-0.25, -0.2) is 13.2 Å². The largest absolute Gasteiger partial charge is 0.490 e. The van der Waals surface area contributed by atoms with Crippen LogP contribution >= 0.6 is 0 Å². The fraction of sp³-hybridized carbons (Fsp3) is 0.480. The lowest BCUT2D eigenvalue weighted by Crippen LogP contribution is -2.47. The molecule has 1 saturated heterocycles. The van der Waals surface area contributed by atoms with Crippen LogP contribution in [0.2, 0.25) is 0 Å². The smallest absolute Gasteiger partial charge is 0.417 e. The Kier molecular flexibility index (Phi) is 7.30. The fourth-order valence-electron chi connectivity index (χ4n) is 4.94. The number of anilines is 1. The van der Waals surface area contributed by atoms with Crippen molar-refractivity contribution in [3.8, 4) is 5.75 Å². The van der Waals surface area contributed by atoms with E-state index in [9.17, 15) is 40.3 Å². The van der Waals surface area contributed by atoms with Gasteiger partial charge in [-0.05, 0) is 25.1 Å². The quantitative estimate of drug-likeness (QED) is 0.464. The molecule has 212 valence electrons. The molecular formula is C25H24F7N3O4. The van der Waals surface area contributed by atoms with Crippen molar-refractivity contribution in [1.29, 1.82) is 0 Å². The number of ether oxygens (including phenoxy) is 2. The molecule has 2 heterocycles. The summed E-state index contributed by atoms with van der Waals surface area (Å²) < 4.78 is 109. The van der Waals surface area contributed by atoms with E-state index < -0.39 is 90.2 Å². The first-order chi connectivity index (χ1) is 18.0. The molecule has 3 N–H and O–H groups in total. The molecule has 4 atom stereocenters. The molecule has 1 aromatic carbocycles. The van der Waals surface area contributed by atoms with E-state index in [1.165, 1.54) is 6.07 Å². The summed E-state index contributed by atoms with van der Waals surface area (Å²) in [5.41, 5.74) is 1.71. The number of carbonyl (C=O) groups is 2. The van der Waals surface area contributed by atoms with Gasteiger partial charge in [0.05, 0.1) is 6.61 Å². The number of hydrogen-bond donors (Lipinski definition) is 2. The Morgan fingerprint density at radius 3 is 2.46 bits per heavy atom. The van der Waals surface area contributed by atoms with Crippen molar-refractivity contribution in [3.05, 3.63) is 53.4 Å². The van der Waals surface area contributed by atoms with Crippen LogP contribution in [-0.2, 0) is 9.53 Å². The highest BCUT2D eigenvalue weighted by molar-refractivity contribution is 5.97. The van der Waals surface area contributed by atoms with Gasteiger partial charge in [-0.15, -0.1) is 0 Å². The first-order valence-corrected chi connectivity index (χ1v) is 11.8. The van der Waals surface area contributed by atoms with Gasteiger partial charge in [0.1, 0.15) is 11.8 Å². The number of amides is 2. The van der Waals surface area contributed by atoms with E-state index in [2.05, 4.69) is 10.3 Å². The fourth-order valence-corrected chi connectivity index (χ4v) is 4.94. The first kappa shape index (κ1) is 28.6. The predicted octanol–water partition coefficient (Wildman–Crippen LogP) is 4.96. The maximum absolute atomic E-state index is 14.9. The third kappa shape index (κ3) is 5.38. The van der Waals surface area contributed by atoms with Gasteiger partial charge in [-0.2, -0.15) is 17.6 Å². The van der Waals surface area contributed by atoms with E-state index in [1.54, 1.807) is 0 Å². The van der Waals surface area contributed by atoms with Gasteiger partial charge in [0.15, 0.2) is 17.2 Å². The second-order valence-electron chi connectivity index (χ2n) is 9.96. The lowest BCUT2D eigenvalue weighted by molar-refractivity contribution is -0.272. The normalized spacial score (nSPS) is 26.6. The Balaban J connectivity index is 1.71. The standard InChI is InChI=1S/C25H24F7N3O4/c1-11-17(14-3-4-15(26)18(27)19(14)38-10-12-8-24(28,29)9-12)20(39-23(11,2)25(30,31)32)22(37)35-13-5-6-34-16(7-13)21(33)36/h3-7,11-12,17,20H,8-10H2,1-2H3,(H2,33,36)(H,34,35,37)/t11-,17+,20+,23+/m0/s1. The van der Waals surface area contributed by atoms with Crippen molar-refractivity contribution >= 4 is 17.5 Å². The summed E-state index contributed by atoms with van der Waals surface area (Å²) in [6.07, 6.45) is -6.82. The minimum Gasteiger partial charge on any atom is -0.490 e. The first-order valence-electron chi connectivity index (χ1n) is 11.8. The van der Waals surface area contributed by atoms with Crippen LogP contribution in [0.5, 0.6) is 5.75 Å². The summed E-state index contributed by atoms with van der Waals surface area (Å²) in [6.45, 7) is 1.43. The van der Waals surface area contributed by atoms with E-state index in [4.69, 9.17) is 15.2 Å². The van der Waals surface area contributed by atoms with Crippen molar-refractivity contribution in [3.63, 3.8) is 0 Å². The minimum atomic E-state index is -4.98. The van der Waals surface area contributed by atoms with E-state index in [-0.39, 0.29) is 16.9 Å².